The van der Waals surface area contributed by atoms with Crippen molar-refractivity contribution in [3.63, 3.8) is 0 Å². The number of fused-ring (bicyclic) bond motifs is 1. The summed E-state index contributed by atoms with van der Waals surface area (Å²) in [5.74, 6) is 0. The molecule has 1 N–H and O–H groups in total. The highest BCUT2D eigenvalue weighted by molar-refractivity contribution is 5.76. The van der Waals surface area contributed by atoms with Crippen LogP contribution in [0.5, 0.6) is 0 Å². The van der Waals surface area contributed by atoms with Crippen LogP contribution in [-0.4, -0.2) is 11.4 Å². The summed E-state index contributed by atoms with van der Waals surface area (Å²) in [7, 11) is 0. The van der Waals surface area contributed by atoms with Crippen molar-refractivity contribution in [2.24, 2.45) is 5.16 Å². The van der Waals surface area contributed by atoms with Gasteiger partial charge < -0.3 is 15.6 Å². The Morgan fingerprint density at radius 3 is 2.53 bits per heavy atom. The molecule has 0 bridgehead atoms. The van der Waals surface area contributed by atoms with Crippen molar-refractivity contribution in [2.75, 3.05) is 0 Å². The van der Waals surface area contributed by atoms with Gasteiger partial charge in [-0.15, -0.1) is 0 Å². The maximum Gasteiger partial charge on any atom is 0.304 e. The molecule has 0 unspecified atom stereocenters. The van der Waals surface area contributed by atoms with Crippen molar-refractivity contribution in [3.05, 3.63) is 46.6 Å². The SMILES string of the molecule is [O-][n+]1cc(/C=N\O)[n+]([O-])c2ccccc21. The van der Waals surface area contributed by atoms with Gasteiger partial charge in [0, 0.05) is 12.1 Å². The molecule has 0 radical (unpaired) electrons. The molecule has 0 saturated heterocycles. The first kappa shape index (κ1) is 9.20. The number of nitrogens with zero attached hydrogens (tertiary/aromatic N) is 3. The fraction of sp³-hybridized carbons (Fsp3) is 0. The van der Waals surface area contributed by atoms with Gasteiger partial charge in [0.25, 0.3) is 17.2 Å². The molecule has 0 aliphatic carbocycles. The van der Waals surface area contributed by atoms with Crippen LogP contribution in [0.15, 0.2) is 35.6 Å². The molecule has 6 heteroatoms. The van der Waals surface area contributed by atoms with Crippen molar-refractivity contribution in [2.45, 2.75) is 0 Å². The molecule has 15 heavy (non-hydrogen) atoms. The van der Waals surface area contributed by atoms with Crippen LogP contribution in [-0.2, 0) is 0 Å². The van der Waals surface area contributed by atoms with Crippen LogP contribution >= 0.6 is 0 Å². The summed E-state index contributed by atoms with van der Waals surface area (Å²) in [5.41, 5.74) is 0.471. The van der Waals surface area contributed by atoms with E-state index in [0.29, 0.717) is 9.46 Å². The summed E-state index contributed by atoms with van der Waals surface area (Å²) in [6.07, 6.45) is 1.96. The van der Waals surface area contributed by atoms with Gasteiger partial charge >= 0.3 is 5.69 Å². The zero-order valence-corrected chi connectivity index (χ0v) is 7.57. The standard InChI is InChI=1S/C9H7N3O3/c13-10-5-7-6-11(14)8-3-1-2-4-9(8)12(7)15/h1-6,13H/b10-5-. The number of hydrogen-bond acceptors (Lipinski definition) is 4. The van der Waals surface area contributed by atoms with Crippen LogP contribution in [0, 0.1) is 10.4 Å². The van der Waals surface area contributed by atoms with Crippen LogP contribution < -0.4 is 9.46 Å². The first-order valence-corrected chi connectivity index (χ1v) is 4.16. The number of aromatic nitrogens is 2. The summed E-state index contributed by atoms with van der Waals surface area (Å²) in [6.45, 7) is 0. The Balaban J connectivity index is 2.84. The molecule has 0 atom stereocenters. The van der Waals surface area contributed by atoms with Gasteiger partial charge in [-0.05, 0) is 0 Å². The molecule has 0 aliphatic heterocycles. The van der Waals surface area contributed by atoms with Crippen molar-refractivity contribution >= 4 is 17.2 Å². The lowest BCUT2D eigenvalue weighted by molar-refractivity contribution is -0.629. The van der Waals surface area contributed by atoms with E-state index in [1.165, 1.54) is 12.1 Å². The highest BCUT2D eigenvalue weighted by atomic mass is 16.5. The minimum Gasteiger partial charge on any atom is -0.618 e. The Labute approximate surface area is 84.5 Å². The van der Waals surface area contributed by atoms with Crippen LogP contribution in [0.25, 0.3) is 11.0 Å². The second kappa shape index (κ2) is 3.41. The van der Waals surface area contributed by atoms with Gasteiger partial charge in [0.1, 0.15) is 6.21 Å². The van der Waals surface area contributed by atoms with Crippen LogP contribution in [0.1, 0.15) is 5.69 Å². The molecule has 2 aromatic rings. The van der Waals surface area contributed by atoms with Gasteiger partial charge in [0.05, 0.1) is 0 Å². The first-order chi connectivity index (χ1) is 7.24. The molecule has 0 amide bonds. The Bertz CT molecular complexity index is 539. The van der Waals surface area contributed by atoms with E-state index in [1.807, 2.05) is 0 Å². The van der Waals surface area contributed by atoms with Gasteiger partial charge in [0.15, 0.2) is 0 Å². The van der Waals surface area contributed by atoms with Crippen LogP contribution in [0.2, 0.25) is 0 Å². The van der Waals surface area contributed by atoms with Gasteiger partial charge in [-0.1, -0.05) is 17.3 Å². The molecule has 1 aromatic carbocycles. The smallest absolute Gasteiger partial charge is 0.304 e. The summed E-state index contributed by atoms with van der Waals surface area (Å²) in [5, 5.41) is 34.1. The van der Waals surface area contributed by atoms with E-state index in [9.17, 15) is 10.4 Å². The maximum absolute atomic E-state index is 11.6. The molecule has 1 heterocycles. The molecule has 0 aliphatic rings. The zero-order valence-electron chi connectivity index (χ0n) is 7.57. The molecular weight excluding hydrogens is 198 g/mol. The second-order valence-corrected chi connectivity index (χ2v) is 2.91. The molecule has 6 nitrogen and oxygen atoms in total. The fourth-order valence-corrected chi connectivity index (χ4v) is 1.35. The predicted octanol–water partition coefficient (Wildman–Crippen LogP) is -0.0853. The number of hydrogen-bond donors (Lipinski definition) is 1. The minimum absolute atomic E-state index is 0.0220. The normalized spacial score (nSPS) is 11.2. The van der Waals surface area contributed by atoms with E-state index in [0.717, 1.165) is 12.4 Å². The van der Waals surface area contributed by atoms with Gasteiger partial charge in [-0.25, -0.2) is 0 Å². The lowest BCUT2D eigenvalue weighted by Crippen LogP contribution is -2.41. The summed E-state index contributed by atoms with van der Waals surface area (Å²) >= 11 is 0. The monoisotopic (exact) mass is 205 g/mol. The number of benzene rings is 1. The van der Waals surface area contributed by atoms with E-state index in [4.69, 9.17) is 5.21 Å². The van der Waals surface area contributed by atoms with E-state index in [2.05, 4.69) is 5.16 Å². The van der Waals surface area contributed by atoms with Crippen molar-refractivity contribution in [1.29, 1.82) is 0 Å². The Morgan fingerprint density at radius 2 is 1.87 bits per heavy atom. The summed E-state index contributed by atoms with van der Waals surface area (Å²) in [6, 6.07) is 6.37. The average Bonchev–Trinajstić information content (AvgIpc) is 2.26. The highest BCUT2D eigenvalue weighted by Crippen LogP contribution is 2.03. The largest absolute Gasteiger partial charge is 0.618 e. The summed E-state index contributed by atoms with van der Waals surface area (Å²) in [4.78, 5) is 0. The molecule has 2 rings (SSSR count). The molecular formula is C9H7N3O3. The molecule has 76 valence electrons. The average molecular weight is 205 g/mol. The van der Waals surface area contributed by atoms with Crippen molar-refractivity contribution < 1.29 is 14.7 Å². The van der Waals surface area contributed by atoms with Crippen molar-refractivity contribution in [3.8, 4) is 0 Å². The van der Waals surface area contributed by atoms with Crippen LogP contribution in [0.4, 0.5) is 0 Å². The Hall–Kier alpha value is -2.37. The third-order valence-corrected chi connectivity index (χ3v) is 2.01. The lowest BCUT2D eigenvalue weighted by Gasteiger charge is -2.04. The number of rotatable bonds is 1. The van der Waals surface area contributed by atoms with Gasteiger partial charge in [-0.3, -0.25) is 0 Å². The minimum atomic E-state index is -0.0220. The second-order valence-electron chi connectivity index (χ2n) is 2.91. The Morgan fingerprint density at radius 1 is 1.20 bits per heavy atom. The lowest BCUT2D eigenvalue weighted by atomic mass is 10.3. The molecule has 0 fully saturated rings. The van der Waals surface area contributed by atoms with Crippen molar-refractivity contribution in [1.82, 2.24) is 0 Å². The van der Waals surface area contributed by atoms with E-state index >= 15 is 0 Å². The molecule has 0 spiro atoms. The zero-order chi connectivity index (χ0) is 10.8. The first-order valence-electron chi connectivity index (χ1n) is 4.16. The van der Waals surface area contributed by atoms with E-state index < -0.39 is 0 Å². The van der Waals surface area contributed by atoms with Gasteiger partial charge in [0.2, 0.25) is 0 Å². The quantitative estimate of drug-likeness (QED) is 0.232. The van der Waals surface area contributed by atoms with Crippen LogP contribution in [0.3, 0.4) is 0 Å². The van der Waals surface area contributed by atoms with E-state index in [1.54, 1.807) is 12.1 Å². The molecule has 1 aromatic heterocycles. The highest BCUT2D eigenvalue weighted by Gasteiger charge is 2.16. The molecule has 0 saturated carbocycles. The fourth-order valence-electron chi connectivity index (χ4n) is 1.35. The topological polar surface area (TPSA) is 86.5 Å². The summed E-state index contributed by atoms with van der Waals surface area (Å²) < 4.78 is 1.09. The van der Waals surface area contributed by atoms with Gasteiger partial charge in [-0.2, -0.15) is 9.46 Å². The van der Waals surface area contributed by atoms with E-state index in [-0.39, 0.29) is 16.7 Å². The maximum atomic E-state index is 11.6. The number of para-hydroxylation sites is 2. The number of oxime groups is 1. The third-order valence-electron chi connectivity index (χ3n) is 2.01. The Kier molecular flexibility index (Phi) is 2.09. The predicted molar refractivity (Wildman–Crippen MR) is 51.2 cm³/mol. The third kappa shape index (κ3) is 1.41.